The van der Waals surface area contributed by atoms with E-state index in [-0.39, 0.29) is 10.3 Å². The molecule has 0 atom stereocenters. The van der Waals surface area contributed by atoms with Gasteiger partial charge in [0, 0.05) is 0 Å². The van der Waals surface area contributed by atoms with Gasteiger partial charge in [-0.05, 0) is 47.7 Å². The summed E-state index contributed by atoms with van der Waals surface area (Å²) in [6, 6.07) is 12.3. The summed E-state index contributed by atoms with van der Waals surface area (Å²) in [4.78, 5) is 0.206. The summed E-state index contributed by atoms with van der Waals surface area (Å²) in [5.74, 6) is 0. The molecule has 0 unspecified atom stereocenters. The van der Waals surface area contributed by atoms with E-state index in [0.29, 0.717) is 11.0 Å². The molecule has 0 N–H and O–H groups in total. The molecular weight excluding hydrogens is 310 g/mol. The normalized spacial score (nSPS) is 12.7. The predicted octanol–water partition coefficient (Wildman–Crippen LogP) is 3.27. The molecule has 1 aromatic heterocycles. The minimum absolute atomic E-state index is 0.0280. The molecule has 3 aromatic rings. The Kier molecular flexibility index (Phi) is 3.52. The minimum atomic E-state index is -3.75. The minimum Gasteiger partial charge on any atom is -0.199 e. The Morgan fingerprint density at radius 1 is 1.00 bits per heavy atom. The fourth-order valence-corrected chi connectivity index (χ4v) is 3.64. The van der Waals surface area contributed by atoms with Crippen LogP contribution in [0.1, 0.15) is 31.9 Å². The standard InChI is InChI=1S/C17H19N3O2S/c1-12-5-10-16-15(11-12)18-19-20(16)23(21,22)14-8-6-13(7-9-14)17(2,3)4/h5-11H,1-4H3. The van der Waals surface area contributed by atoms with Crippen LogP contribution in [-0.4, -0.2) is 22.8 Å². The molecule has 0 fully saturated rings. The third-order valence-electron chi connectivity index (χ3n) is 3.82. The van der Waals surface area contributed by atoms with Gasteiger partial charge in [0.2, 0.25) is 0 Å². The van der Waals surface area contributed by atoms with Crippen molar-refractivity contribution in [2.75, 3.05) is 0 Å². The van der Waals surface area contributed by atoms with Crippen LogP contribution in [0.2, 0.25) is 0 Å². The van der Waals surface area contributed by atoms with Gasteiger partial charge in [0.15, 0.2) is 0 Å². The summed E-state index contributed by atoms with van der Waals surface area (Å²) in [6.45, 7) is 8.19. The van der Waals surface area contributed by atoms with Gasteiger partial charge in [-0.1, -0.05) is 44.2 Å². The van der Waals surface area contributed by atoms with Crippen molar-refractivity contribution in [3.05, 3.63) is 53.6 Å². The van der Waals surface area contributed by atoms with Crippen molar-refractivity contribution in [3.8, 4) is 0 Å². The molecule has 0 saturated carbocycles. The first-order valence-electron chi connectivity index (χ1n) is 7.38. The highest BCUT2D eigenvalue weighted by Gasteiger charge is 2.22. The maximum atomic E-state index is 12.8. The summed E-state index contributed by atoms with van der Waals surface area (Å²) in [5, 5.41) is 7.80. The maximum absolute atomic E-state index is 12.8. The summed E-state index contributed by atoms with van der Waals surface area (Å²) in [6.07, 6.45) is 0. The zero-order valence-electron chi connectivity index (χ0n) is 13.6. The van der Waals surface area contributed by atoms with Gasteiger partial charge in [-0.2, -0.15) is 8.42 Å². The molecule has 0 aliphatic rings. The van der Waals surface area contributed by atoms with Crippen LogP contribution in [-0.2, 0) is 15.4 Å². The number of fused-ring (bicyclic) bond motifs is 1. The Balaban J connectivity index is 2.10. The number of rotatable bonds is 2. The van der Waals surface area contributed by atoms with Gasteiger partial charge in [-0.3, -0.25) is 0 Å². The van der Waals surface area contributed by atoms with Gasteiger partial charge < -0.3 is 0 Å². The Morgan fingerprint density at radius 3 is 2.26 bits per heavy atom. The molecule has 6 heteroatoms. The molecule has 0 amide bonds. The van der Waals surface area contributed by atoms with E-state index in [1.54, 1.807) is 18.2 Å². The van der Waals surface area contributed by atoms with Crippen LogP contribution in [0.25, 0.3) is 11.0 Å². The first-order chi connectivity index (χ1) is 10.7. The van der Waals surface area contributed by atoms with E-state index >= 15 is 0 Å². The van der Waals surface area contributed by atoms with Gasteiger partial charge in [-0.15, -0.1) is 9.19 Å². The van der Waals surface area contributed by atoms with Crippen LogP contribution < -0.4 is 0 Å². The van der Waals surface area contributed by atoms with Crippen molar-refractivity contribution < 1.29 is 8.42 Å². The fourth-order valence-electron chi connectivity index (χ4n) is 2.42. The molecule has 3 rings (SSSR count). The Labute approximate surface area is 136 Å². The molecular formula is C17H19N3O2S. The largest absolute Gasteiger partial charge is 0.284 e. The van der Waals surface area contributed by atoms with E-state index < -0.39 is 10.0 Å². The van der Waals surface area contributed by atoms with Gasteiger partial charge >= 0.3 is 0 Å². The third kappa shape index (κ3) is 2.74. The zero-order chi connectivity index (χ0) is 16.8. The lowest BCUT2D eigenvalue weighted by Crippen LogP contribution is -2.16. The van der Waals surface area contributed by atoms with Crippen molar-refractivity contribution in [1.29, 1.82) is 0 Å². The molecule has 0 aliphatic carbocycles. The second-order valence-electron chi connectivity index (χ2n) is 6.70. The highest BCUT2D eigenvalue weighted by Crippen LogP contribution is 2.25. The van der Waals surface area contributed by atoms with Gasteiger partial charge in [0.1, 0.15) is 11.0 Å². The van der Waals surface area contributed by atoms with E-state index in [2.05, 4.69) is 31.1 Å². The lowest BCUT2D eigenvalue weighted by Gasteiger charge is -2.19. The first-order valence-corrected chi connectivity index (χ1v) is 8.82. The monoisotopic (exact) mass is 329 g/mol. The highest BCUT2D eigenvalue weighted by molar-refractivity contribution is 7.90. The summed E-state index contributed by atoms with van der Waals surface area (Å²) in [5.41, 5.74) is 3.11. The van der Waals surface area contributed by atoms with Crippen molar-refractivity contribution in [1.82, 2.24) is 14.4 Å². The number of hydrogen-bond donors (Lipinski definition) is 0. The van der Waals surface area contributed by atoms with Crippen molar-refractivity contribution in [2.45, 2.75) is 38.0 Å². The third-order valence-corrected chi connectivity index (χ3v) is 5.41. The number of nitrogens with zero attached hydrogens (tertiary/aromatic N) is 3. The Bertz CT molecular complexity index is 965. The fraction of sp³-hybridized carbons (Fsp3) is 0.294. The average molecular weight is 329 g/mol. The van der Waals surface area contributed by atoms with Crippen LogP contribution in [0.4, 0.5) is 0 Å². The summed E-state index contributed by atoms with van der Waals surface area (Å²) >= 11 is 0. The molecule has 23 heavy (non-hydrogen) atoms. The molecule has 0 aliphatic heterocycles. The smallest absolute Gasteiger partial charge is 0.199 e. The van der Waals surface area contributed by atoms with Gasteiger partial charge in [0.05, 0.1) is 4.90 Å². The van der Waals surface area contributed by atoms with Crippen molar-refractivity contribution >= 4 is 21.1 Å². The highest BCUT2D eigenvalue weighted by atomic mass is 32.2. The number of aromatic nitrogens is 3. The molecule has 0 spiro atoms. The van der Waals surface area contributed by atoms with Gasteiger partial charge in [0.25, 0.3) is 10.0 Å². The number of benzene rings is 2. The van der Waals surface area contributed by atoms with Crippen molar-refractivity contribution in [3.63, 3.8) is 0 Å². The van der Waals surface area contributed by atoms with Crippen LogP contribution in [0.3, 0.4) is 0 Å². The predicted molar refractivity (Wildman–Crippen MR) is 90.0 cm³/mol. The first kappa shape index (κ1) is 15.7. The Morgan fingerprint density at radius 2 is 1.65 bits per heavy atom. The SMILES string of the molecule is Cc1ccc2c(c1)nnn2S(=O)(=O)c1ccc(C(C)(C)C)cc1. The second kappa shape index (κ2) is 5.16. The Hall–Kier alpha value is -2.21. The van der Waals surface area contributed by atoms with Crippen LogP contribution in [0.5, 0.6) is 0 Å². The molecule has 120 valence electrons. The van der Waals surface area contributed by atoms with E-state index in [4.69, 9.17) is 0 Å². The molecule has 0 bridgehead atoms. The van der Waals surface area contributed by atoms with E-state index in [0.717, 1.165) is 15.2 Å². The summed E-state index contributed by atoms with van der Waals surface area (Å²) < 4.78 is 26.6. The molecule has 0 radical (unpaired) electrons. The lowest BCUT2D eigenvalue weighted by molar-refractivity contribution is 0.576. The number of aryl methyl sites for hydroxylation is 1. The molecule has 2 aromatic carbocycles. The van der Waals surface area contributed by atoms with E-state index in [1.807, 2.05) is 31.2 Å². The van der Waals surface area contributed by atoms with Crippen molar-refractivity contribution in [2.24, 2.45) is 0 Å². The lowest BCUT2D eigenvalue weighted by atomic mass is 9.87. The zero-order valence-corrected chi connectivity index (χ0v) is 14.4. The van der Waals surface area contributed by atoms with Gasteiger partial charge in [-0.25, -0.2) is 0 Å². The van der Waals surface area contributed by atoms with E-state index in [1.165, 1.54) is 0 Å². The molecule has 5 nitrogen and oxygen atoms in total. The van der Waals surface area contributed by atoms with Crippen LogP contribution in [0.15, 0.2) is 47.4 Å². The maximum Gasteiger partial charge on any atom is 0.284 e. The van der Waals surface area contributed by atoms with E-state index in [9.17, 15) is 8.42 Å². The molecule has 1 heterocycles. The average Bonchev–Trinajstić information content (AvgIpc) is 2.90. The van der Waals surface area contributed by atoms with Crippen LogP contribution >= 0.6 is 0 Å². The second-order valence-corrected chi connectivity index (χ2v) is 8.47. The quantitative estimate of drug-likeness (QED) is 0.724. The summed E-state index contributed by atoms with van der Waals surface area (Å²) in [7, 11) is -3.75. The number of hydrogen-bond acceptors (Lipinski definition) is 4. The topological polar surface area (TPSA) is 64.8 Å². The molecule has 0 saturated heterocycles. The van der Waals surface area contributed by atoms with Crippen LogP contribution in [0, 0.1) is 6.92 Å².